The van der Waals surface area contributed by atoms with Crippen molar-refractivity contribution in [2.24, 2.45) is 0 Å². The highest BCUT2D eigenvalue weighted by Crippen LogP contribution is 2.10. The number of pyridine rings is 1. The van der Waals surface area contributed by atoms with E-state index in [-0.39, 0.29) is 5.82 Å². The number of halogens is 1. The Kier molecular flexibility index (Phi) is 2.21. The van der Waals surface area contributed by atoms with Crippen LogP contribution in [0.2, 0.25) is 0 Å². The molecule has 3 heteroatoms. The van der Waals surface area contributed by atoms with Crippen LogP contribution >= 0.6 is 0 Å². The first-order chi connectivity index (χ1) is 5.24. The van der Waals surface area contributed by atoms with Gasteiger partial charge in [-0.3, -0.25) is 0 Å². The maximum absolute atomic E-state index is 12.5. The number of aromatic nitrogens is 1. The molecule has 1 aromatic heterocycles. The maximum atomic E-state index is 12.5. The zero-order valence-corrected chi connectivity index (χ0v) is 6.26. The summed E-state index contributed by atoms with van der Waals surface area (Å²) in [6.07, 6.45) is 2.67. The molecule has 1 N–H and O–H groups in total. The van der Waals surface area contributed by atoms with E-state index in [9.17, 15) is 4.39 Å². The quantitative estimate of drug-likeness (QED) is 0.701. The molecule has 1 heterocycles. The van der Waals surface area contributed by atoms with Crippen molar-refractivity contribution in [1.82, 2.24) is 4.98 Å². The molecule has 0 fully saturated rings. The molecule has 0 aliphatic heterocycles. The summed E-state index contributed by atoms with van der Waals surface area (Å²) in [6, 6.07) is 1.42. The predicted molar refractivity (Wildman–Crippen MR) is 42.8 cm³/mol. The van der Waals surface area contributed by atoms with Crippen molar-refractivity contribution in [3.8, 4) is 0 Å². The summed E-state index contributed by atoms with van der Waals surface area (Å²) in [5, 5.41) is 2.79. The Hall–Kier alpha value is -1.38. The fraction of sp³-hybridized carbons (Fsp3) is 0.125. The molecule has 0 spiro atoms. The van der Waals surface area contributed by atoms with Gasteiger partial charge in [-0.1, -0.05) is 6.58 Å². The number of nitrogens with zero attached hydrogens (tertiary/aromatic N) is 1. The monoisotopic (exact) mass is 152 g/mol. The molecule has 0 aliphatic carbocycles. The number of nitrogens with one attached hydrogen (secondary N) is 1. The van der Waals surface area contributed by atoms with Gasteiger partial charge in [-0.05, 0) is 24.8 Å². The van der Waals surface area contributed by atoms with Crippen molar-refractivity contribution in [3.05, 3.63) is 36.4 Å². The molecule has 0 bridgehead atoms. The molecule has 2 nitrogen and oxygen atoms in total. The Morgan fingerprint density at radius 1 is 1.73 bits per heavy atom. The second-order valence-electron chi connectivity index (χ2n) is 2.17. The van der Waals surface area contributed by atoms with Crippen molar-refractivity contribution in [1.29, 1.82) is 0 Å². The molecular weight excluding hydrogens is 143 g/mol. The van der Waals surface area contributed by atoms with E-state index in [1.54, 1.807) is 6.92 Å². The Morgan fingerprint density at radius 3 is 3.00 bits per heavy atom. The average molecular weight is 152 g/mol. The molecule has 0 saturated heterocycles. The summed E-state index contributed by atoms with van der Waals surface area (Å²) in [6.45, 7) is 5.25. The first-order valence-corrected chi connectivity index (χ1v) is 3.23. The molecule has 0 atom stereocenters. The van der Waals surface area contributed by atoms with Crippen LogP contribution in [0, 0.1) is 12.7 Å². The number of rotatable bonds is 2. The fourth-order valence-corrected chi connectivity index (χ4v) is 0.788. The smallest absolute Gasteiger partial charge is 0.141 e. The summed E-state index contributed by atoms with van der Waals surface area (Å²) in [5.74, 6) is 0.318. The average Bonchev–Trinajstić information content (AvgIpc) is 1.95. The van der Waals surface area contributed by atoms with Crippen LogP contribution in [-0.4, -0.2) is 4.98 Å². The van der Waals surface area contributed by atoms with Gasteiger partial charge in [-0.2, -0.15) is 0 Å². The summed E-state index contributed by atoms with van der Waals surface area (Å²) >= 11 is 0. The first kappa shape index (κ1) is 7.72. The van der Waals surface area contributed by atoms with Crippen LogP contribution in [0.3, 0.4) is 0 Å². The molecule has 0 unspecified atom stereocenters. The van der Waals surface area contributed by atoms with E-state index in [1.165, 1.54) is 18.5 Å². The van der Waals surface area contributed by atoms with E-state index < -0.39 is 0 Å². The highest BCUT2D eigenvalue weighted by atomic mass is 19.1. The molecular formula is C8H9FN2. The Bertz CT molecular complexity index is 271. The summed E-state index contributed by atoms with van der Waals surface area (Å²) in [4.78, 5) is 3.81. The zero-order chi connectivity index (χ0) is 8.27. The summed E-state index contributed by atoms with van der Waals surface area (Å²) < 4.78 is 12.5. The van der Waals surface area contributed by atoms with E-state index in [0.717, 1.165) is 5.56 Å². The van der Waals surface area contributed by atoms with Gasteiger partial charge in [0.25, 0.3) is 0 Å². The van der Waals surface area contributed by atoms with E-state index in [0.29, 0.717) is 5.82 Å². The van der Waals surface area contributed by atoms with Crippen LogP contribution in [0.25, 0.3) is 0 Å². The molecule has 0 amide bonds. The Labute approximate surface area is 64.8 Å². The minimum atomic E-state index is -0.322. The van der Waals surface area contributed by atoms with Crippen molar-refractivity contribution < 1.29 is 4.39 Å². The molecule has 0 radical (unpaired) electrons. The number of anilines is 1. The minimum Gasteiger partial charge on any atom is -0.347 e. The van der Waals surface area contributed by atoms with Crippen molar-refractivity contribution in [3.63, 3.8) is 0 Å². The lowest BCUT2D eigenvalue weighted by molar-refractivity contribution is 0.620. The minimum absolute atomic E-state index is 0.322. The van der Waals surface area contributed by atoms with Gasteiger partial charge in [-0.15, -0.1) is 0 Å². The van der Waals surface area contributed by atoms with Gasteiger partial charge in [0.15, 0.2) is 0 Å². The SMILES string of the molecule is C=CNc1ncc(F)cc1C. The molecule has 0 saturated carbocycles. The van der Waals surface area contributed by atoms with Crippen LogP contribution in [0.1, 0.15) is 5.56 Å². The molecule has 11 heavy (non-hydrogen) atoms. The number of aryl methyl sites for hydroxylation is 1. The number of hydrogen-bond donors (Lipinski definition) is 1. The molecule has 58 valence electrons. The van der Waals surface area contributed by atoms with Crippen molar-refractivity contribution in [2.75, 3.05) is 5.32 Å². The third kappa shape index (κ3) is 1.77. The third-order valence-electron chi connectivity index (χ3n) is 1.28. The van der Waals surface area contributed by atoms with Crippen LogP contribution in [-0.2, 0) is 0 Å². The van der Waals surface area contributed by atoms with Gasteiger partial charge in [0.2, 0.25) is 0 Å². The Balaban J connectivity index is 2.98. The van der Waals surface area contributed by atoms with Crippen LogP contribution in [0.15, 0.2) is 25.0 Å². The second-order valence-corrected chi connectivity index (χ2v) is 2.17. The van der Waals surface area contributed by atoms with Gasteiger partial charge >= 0.3 is 0 Å². The Morgan fingerprint density at radius 2 is 2.45 bits per heavy atom. The van der Waals surface area contributed by atoms with Gasteiger partial charge in [0.1, 0.15) is 11.6 Å². The summed E-state index contributed by atoms with van der Waals surface area (Å²) in [5.41, 5.74) is 0.768. The normalized spacial score (nSPS) is 9.27. The lowest BCUT2D eigenvalue weighted by atomic mass is 10.3. The lowest BCUT2D eigenvalue weighted by Gasteiger charge is -2.02. The van der Waals surface area contributed by atoms with Crippen molar-refractivity contribution in [2.45, 2.75) is 6.92 Å². The van der Waals surface area contributed by atoms with Crippen LogP contribution in [0.5, 0.6) is 0 Å². The topological polar surface area (TPSA) is 24.9 Å². The second kappa shape index (κ2) is 3.14. The highest BCUT2D eigenvalue weighted by Gasteiger charge is 1.97. The number of hydrogen-bond acceptors (Lipinski definition) is 2. The van der Waals surface area contributed by atoms with E-state index in [4.69, 9.17) is 0 Å². The van der Waals surface area contributed by atoms with E-state index in [2.05, 4.69) is 16.9 Å². The standard InChI is InChI=1S/C8H9FN2/c1-3-10-8-6(2)4-7(9)5-11-8/h3-5H,1H2,2H3,(H,10,11). The molecule has 0 aromatic carbocycles. The van der Waals surface area contributed by atoms with Crippen LogP contribution < -0.4 is 5.32 Å². The van der Waals surface area contributed by atoms with E-state index in [1.807, 2.05) is 0 Å². The van der Waals surface area contributed by atoms with Gasteiger partial charge in [-0.25, -0.2) is 9.37 Å². The molecule has 1 aromatic rings. The molecule has 1 rings (SSSR count). The van der Waals surface area contributed by atoms with Crippen LogP contribution in [0.4, 0.5) is 10.2 Å². The van der Waals surface area contributed by atoms with Gasteiger partial charge in [0, 0.05) is 0 Å². The lowest BCUT2D eigenvalue weighted by Crippen LogP contribution is -1.94. The van der Waals surface area contributed by atoms with Gasteiger partial charge < -0.3 is 5.32 Å². The zero-order valence-electron chi connectivity index (χ0n) is 6.26. The van der Waals surface area contributed by atoms with Crippen molar-refractivity contribution >= 4 is 5.82 Å². The summed E-state index contributed by atoms with van der Waals surface area (Å²) in [7, 11) is 0. The highest BCUT2D eigenvalue weighted by molar-refractivity contribution is 5.44. The fourth-order valence-electron chi connectivity index (χ4n) is 0.788. The first-order valence-electron chi connectivity index (χ1n) is 3.23. The largest absolute Gasteiger partial charge is 0.347 e. The van der Waals surface area contributed by atoms with E-state index >= 15 is 0 Å². The third-order valence-corrected chi connectivity index (χ3v) is 1.28. The molecule has 0 aliphatic rings. The predicted octanol–water partition coefficient (Wildman–Crippen LogP) is 2.08. The van der Waals surface area contributed by atoms with Gasteiger partial charge in [0.05, 0.1) is 6.20 Å². The maximum Gasteiger partial charge on any atom is 0.141 e.